The van der Waals surface area contributed by atoms with Crippen molar-refractivity contribution in [3.63, 3.8) is 0 Å². The molecule has 1 aromatic carbocycles. The molecule has 0 aliphatic carbocycles. The van der Waals surface area contributed by atoms with Gasteiger partial charge in [-0.2, -0.15) is 0 Å². The lowest BCUT2D eigenvalue weighted by Gasteiger charge is -2.28. The minimum Gasteiger partial charge on any atom is -0.440 e. The fraction of sp³-hybridized carbons (Fsp3) is 0.357. The van der Waals surface area contributed by atoms with E-state index in [1.807, 2.05) is 12.1 Å². The summed E-state index contributed by atoms with van der Waals surface area (Å²) in [6.07, 6.45) is 5.28. The highest BCUT2D eigenvalue weighted by Gasteiger charge is 2.10. The first kappa shape index (κ1) is 11.7. The predicted octanol–water partition coefficient (Wildman–Crippen LogP) is 3.22. The van der Waals surface area contributed by atoms with E-state index in [4.69, 9.17) is 10.1 Å². The number of nitrogens with zero attached hydrogens (tertiary/aromatic N) is 1. The highest BCUT2D eigenvalue weighted by atomic mass is 16.5. The van der Waals surface area contributed by atoms with Gasteiger partial charge in [0, 0.05) is 18.8 Å². The van der Waals surface area contributed by atoms with Gasteiger partial charge >= 0.3 is 0 Å². The van der Waals surface area contributed by atoms with Crippen molar-refractivity contribution in [1.29, 1.82) is 5.41 Å². The number of anilines is 1. The lowest BCUT2D eigenvalue weighted by molar-refractivity contribution is 0.549. The van der Waals surface area contributed by atoms with Crippen LogP contribution in [0.2, 0.25) is 0 Å². The Kier molecular flexibility index (Phi) is 3.81. The number of piperidine rings is 1. The minimum absolute atomic E-state index is 0.0794. The number of benzene rings is 1. The van der Waals surface area contributed by atoms with Crippen molar-refractivity contribution in [2.75, 3.05) is 18.0 Å². The van der Waals surface area contributed by atoms with Crippen molar-refractivity contribution in [2.24, 2.45) is 0 Å². The fourth-order valence-corrected chi connectivity index (χ4v) is 2.05. The van der Waals surface area contributed by atoms with Crippen LogP contribution in [0.15, 0.2) is 36.9 Å². The van der Waals surface area contributed by atoms with Gasteiger partial charge in [0.1, 0.15) is 5.75 Å². The molecule has 0 atom stereocenters. The van der Waals surface area contributed by atoms with Gasteiger partial charge in [-0.25, -0.2) is 0 Å². The Bertz CT molecular complexity index is 391. The Balaban J connectivity index is 2.01. The van der Waals surface area contributed by atoms with Crippen LogP contribution < -0.4 is 9.64 Å². The first-order valence-electron chi connectivity index (χ1n) is 6.03. The van der Waals surface area contributed by atoms with E-state index in [9.17, 15) is 0 Å². The Morgan fingerprint density at radius 2 is 1.82 bits per heavy atom. The zero-order valence-corrected chi connectivity index (χ0v) is 9.98. The van der Waals surface area contributed by atoms with Crippen LogP contribution >= 0.6 is 0 Å². The van der Waals surface area contributed by atoms with Crippen LogP contribution in [0.3, 0.4) is 0 Å². The van der Waals surface area contributed by atoms with E-state index in [2.05, 4.69) is 23.6 Å². The average Bonchev–Trinajstić information content (AvgIpc) is 2.40. The molecule has 1 aliphatic heterocycles. The molecule has 17 heavy (non-hydrogen) atoms. The summed E-state index contributed by atoms with van der Waals surface area (Å²) in [5.74, 6) is 0.770. The predicted molar refractivity (Wildman–Crippen MR) is 71.1 cm³/mol. The van der Waals surface area contributed by atoms with E-state index in [-0.39, 0.29) is 5.90 Å². The molecule has 0 bridgehead atoms. The van der Waals surface area contributed by atoms with E-state index >= 15 is 0 Å². The van der Waals surface area contributed by atoms with Crippen molar-refractivity contribution < 1.29 is 4.74 Å². The molecule has 1 N–H and O–H groups in total. The van der Waals surface area contributed by atoms with Crippen molar-refractivity contribution in [2.45, 2.75) is 19.3 Å². The molecule has 2 rings (SSSR count). The molecule has 3 nitrogen and oxygen atoms in total. The molecule has 90 valence electrons. The van der Waals surface area contributed by atoms with Crippen LogP contribution in [0.5, 0.6) is 5.75 Å². The summed E-state index contributed by atoms with van der Waals surface area (Å²) in [5.41, 5.74) is 1.24. The number of ether oxygens (including phenoxy) is 1. The van der Waals surface area contributed by atoms with E-state index in [0.29, 0.717) is 5.75 Å². The number of rotatable bonds is 3. The lowest BCUT2D eigenvalue weighted by atomic mass is 10.1. The molecule has 0 amide bonds. The van der Waals surface area contributed by atoms with Crippen molar-refractivity contribution in [3.8, 4) is 5.75 Å². The monoisotopic (exact) mass is 230 g/mol. The Morgan fingerprint density at radius 3 is 2.41 bits per heavy atom. The Labute approximate surface area is 102 Å². The molecule has 1 fully saturated rings. The highest BCUT2D eigenvalue weighted by Crippen LogP contribution is 2.22. The molecule has 1 heterocycles. The van der Waals surface area contributed by atoms with Crippen LogP contribution in [0.4, 0.5) is 5.69 Å². The van der Waals surface area contributed by atoms with Crippen molar-refractivity contribution in [3.05, 3.63) is 36.9 Å². The zero-order valence-electron chi connectivity index (χ0n) is 9.98. The van der Waals surface area contributed by atoms with Crippen LogP contribution in [0.1, 0.15) is 19.3 Å². The second-order valence-electron chi connectivity index (χ2n) is 4.21. The maximum Gasteiger partial charge on any atom is 0.211 e. The van der Waals surface area contributed by atoms with Gasteiger partial charge < -0.3 is 9.64 Å². The maximum atomic E-state index is 7.37. The Morgan fingerprint density at radius 1 is 1.18 bits per heavy atom. The third-order valence-corrected chi connectivity index (χ3v) is 2.97. The third kappa shape index (κ3) is 3.09. The van der Waals surface area contributed by atoms with Crippen LogP contribution in [-0.4, -0.2) is 19.0 Å². The molecule has 0 unspecified atom stereocenters. The van der Waals surface area contributed by atoms with E-state index < -0.39 is 0 Å². The highest BCUT2D eigenvalue weighted by molar-refractivity contribution is 5.86. The van der Waals surface area contributed by atoms with Crippen LogP contribution in [0, 0.1) is 5.41 Å². The fourth-order valence-electron chi connectivity index (χ4n) is 2.05. The number of hydrogen-bond donors (Lipinski definition) is 1. The van der Waals surface area contributed by atoms with Gasteiger partial charge in [-0.05, 0) is 49.6 Å². The molecule has 0 spiro atoms. The molecule has 3 heteroatoms. The first-order valence-corrected chi connectivity index (χ1v) is 6.03. The first-order chi connectivity index (χ1) is 8.29. The standard InChI is InChI=1S/C14H18N2O/c1-2-14(15)17-13-8-6-12(7-9-13)16-10-4-3-5-11-16/h2,6-9,15H,1,3-5,10-11H2. The van der Waals surface area contributed by atoms with Gasteiger partial charge in [-0.1, -0.05) is 6.58 Å². The van der Waals surface area contributed by atoms with Gasteiger partial charge in [-0.15, -0.1) is 0 Å². The Hall–Kier alpha value is -1.77. The quantitative estimate of drug-likeness (QED) is 0.639. The average molecular weight is 230 g/mol. The molecule has 1 aliphatic rings. The van der Waals surface area contributed by atoms with Crippen LogP contribution in [0.25, 0.3) is 0 Å². The van der Waals surface area contributed by atoms with Gasteiger partial charge in [0.25, 0.3) is 0 Å². The molecular weight excluding hydrogens is 212 g/mol. The number of hydrogen-bond acceptors (Lipinski definition) is 3. The molecular formula is C14H18N2O. The summed E-state index contributed by atoms with van der Waals surface area (Å²) >= 11 is 0. The molecule has 0 saturated carbocycles. The van der Waals surface area contributed by atoms with E-state index in [0.717, 1.165) is 13.1 Å². The summed E-state index contributed by atoms with van der Waals surface area (Å²) in [6.45, 7) is 5.77. The molecule has 0 aromatic heterocycles. The smallest absolute Gasteiger partial charge is 0.211 e. The van der Waals surface area contributed by atoms with E-state index in [1.54, 1.807) is 0 Å². The molecule has 1 saturated heterocycles. The van der Waals surface area contributed by atoms with Gasteiger partial charge in [-0.3, -0.25) is 5.41 Å². The minimum atomic E-state index is 0.0794. The van der Waals surface area contributed by atoms with Crippen molar-refractivity contribution in [1.82, 2.24) is 0 Å². The topological polar surface area (TPSA) is 36.3 Å². The second-order valence-corrected chi connectivity index (χ2v) is 4.21. The summed E-state index contributed by atoms with van der Waals surface area (Å²) in [5, 5.41) is 7.37. The largest absolute Gasteiger partial charge is 0.440 e. The normalized spacial score (nSPS) is 15.4. The third-order valence-electron chi connectivity index (χ3n) is 2.97. The lowest BCUT2D eigenvalue weighted by Crippen LogP contribution is -2.29. The second kappa shape index (κ2) is 5.53. The van der Waals surface area contributed by atoms with Gasteiger partial charge in [0.2, 0.25) is 5.90 Å². The SMILES string of the molecule is C=CC(=N)Oc1ccc(N2CCCCC2)cc1. The summed E-state index contributed by atoms with van der Waals surface area (Å²) in [6, 6.07) is 7.91. The van der Waals surface area contributed by atoms with Crippen LogP contribution in [-0.2, 0) is 0 Å². The van der Waals surface area contributed by atoms with Gasteiger partial charge in [0.15, 0.2) is 0 Å². The van der Waals surface area contributed by atoms with Crippen molar-refractivity contribution >= 4 is 11.6 Å². The summed E-state index contributed by atoms with van der Waals surface area (Å²) in [7, 11) is 0. The zero-order chi connectivity index (χ0) is 12.1. The maximum absolute atomic E-state index is 7.37. The molecule has 1 aromatic rings. The molecule has 0 radical (unpaired) electrons. The van der Waals surface area contributed by atoms with E-state index in [1.165, 1.54) is 31.0 Å². The number of nitrogens with one attached hydrogen (secondary N) is 1. The summed E-state index contributed by atoms with van der Waals surface area (Å²) in [4.78, 5) is 2.39. The van der Waals surface area contributed by atoms with Gasteiger partial charge in [0.05, 0.1) is 0 Å². The summed E-state index contributed by atoms with van der Waals surface area (Å²) < 4.78 is 5.25.